The summed E-state index contributed by atoms with van der Waals surface area (Å²) in [7, 11) is 0. The van der Waals surface area contributed by atoms with Crippen LogP contribution in [0.25, 0.3) is 0 Å². The van der Waals surface area contributed by atoms with E-state index >= 15 is 0 Å². The van der Waals surface area contributed by atoms with Crippen molar-refractivity contribution in [2.24, 2.45) is 0 Å². The molecular formula is C27H34O15. The Labute approximate surface area is 238 Å². The lowest BCUT2D eigenvalue weighted by Crippen LogP contribution is -2.55. The van der Waals surface area contributed by atoms with E-state index < -0.39 is 114 Å². The average Bonchev–Trinajstić information content (AvgIpc) is 2.96. The van der Waals surface area contributed by atoms with Crippen LogP contribution in [0.1, 0.15) is 45.7 Å². The molecular weight excluding hydrogens is 564 g/mol. The molecule has 0 spiro atoms. The maximum Gasteiger partial charge on any atom is 0.170 e. The van der Waals surface area contributed by atoms with Gasteiger partial charge in [-0.25, -0.2) is 0 Å². The first-order chi connectivity index (χ1) is 19.8. The Morgan fingerprint density at radius 3 is 1.45 bits per heavy atom. The van der Waals surface area contributed by atoms with E-state index in [4.69, 9.17) is 9.47 Å². The largest absolute Gasteiger partial charge is 0.508 e. The zero-order valence-corrected chi connectivity index (χ0v) is 22.0. The standard InChI is InChI=1S/C27H34O15/c28-7-12-17(32)22(37)24(39)26(41-12)15-19(34)14(11(31)6-3-9-1-4-10(30)5-2-9)20(35)16(21(15)36)27-25(40)23(38)18(33)13(8-29)42-27/h1-2,4-5,12-13,17-18,22-30,32-40H,3,6-8H2/t12?,13?,17-,18-,22?,23?,24?,25?,26+,27+/m1/s1. The van der Waals surface area contributed by atoms with Crippen LogP contribution in [0.2, 0.25) is 0 Å². The van der Waals surface area contributed by atoms with Crippen molar-refractivity contribution in [3.8, 4) is 23.0 Å². The number of hydrogen-bond acceptors (Lipinski definition) is 15. The minimum Gasteiger partial charge on any atom is -0.508 e. The number of benzene rings is 2. The van der Waals surface area contributed by atoms with E-state index in [2.05, 4.69) is 0 Å². The van der Waals surface area contributed by atoms with Gasteiger partial charge in [-0.05, 0) is 24.1 Å². The lowest BCUT2D eigenvalue weighted by atomic mass is 9.83. The predicted octanol–water partition coefficient (Wildman–Crippen LogP) is -2.65. The van der Waals surface area contributed by atoms with E-state index in [-0.39, 0.29) is 18.6 Å². The van der Waals surface area contributed by atoms with Gasteiger partial charge in [-0.15, -0.1) is 0 Å². The summed E-state index contributed by atoms with van der Waals surface area (Å²) in [6.07, 6.45) is -18.9. The molecule has 0 bridgehead atoms. The normalized spacial score (nSPS) is 33.4. The van der Waals surface area contributed by atoms with E-state index in [1.807, 2.05) is 0 Å². The van der Waals surface area contributed by atoms with Crippen LogP contribution in [-0.4, -0.2) is 129 Å². The van der Waals surface area contributed by atoms with Gasteiger partial charge in [-0.2, -0.15) is 0 Å². The molecule has 2 aromatic rings. The first-order valence-corrected chi connectivity index (χ1v) is 13.1. The summed E-state index contributed by atoms with van der Waals surface area (Å²) in [4.78, 5) is 13.4. The van der Waals surface area contributed by atoms with E-state index in [0.29, 0.717) is 5.56 Å². The second-order valence-corrected chi connectivity index (χ2v) is 10.3. The molecule has 15 nitrogen and oxygen atoms in total. The van der Waals surface area contributed by atoms with Crippen LogP contribution in [-0.2, 0) is 15.9 Å². The van der Waals surface area contributed by atoms with Gasteiger partial charge in [0.1, 0.15) is 89.6 Å². The fourth-order valence-corrected chi connectivity index (χ4v) is 5.28. The van der Waals surface area contributed by atoms with E-state index in [0.717, 1.165) is 0 Å². The number of ketones is 1. The minimum absolute atomic E-state index is 0.0211. The number of aliphatic hydroxyl groups excluding tert-OH is 8. The van der Waals surface area contributed by atoms with E-state index in [1.165, 1.54) is 24.3 Å². The molecule has 42 heavy (non-hydrogen) atoms. The zero-order chi connectivity index (χ0) is 31.0. The highest BCUT2D eigenvalue weighted by molar-refractivity contribution is 6.02. The lowest BCUT2D eigenvalue weighted by Gasteiger charge is -2.42. The summed E-state index contributed by atoms with van der Waals surface area (Å²) in [6, 6.07) is 5.81. The summed E-state index contributed by atoms with van der Waals surface area (Å²) >= 11 is 0. The van der Waals surface area contributed by atoms with Crippen LogP contribution in [0, 0.1) is 0 Å². The molecule has 0 amide bonds. The molecule has 2 heterocycles. The molecule has 2 fully saturated rings. The number of carbonyl (C=O) groups is 1. The van der Waals surface area contributed by atoms with Crippen molar-refractivity contribution < 1.29 is 75.5 Å². The molecule has 15 heteroatoms. The van der Waals surface area contributed by atoms with Crippen molar-refractivity contribution in [1.29, 1.82) is 0 Å². The van der Waals surface area contributed by atoms with Gasteiger partial charge in [0.05, 0.1) is 24.3 Å². The van der Waals surface area contributed by atoms with Gasteiger partial charge in [0.15, 0.2) is 5.78 Å². The van der Waals surface area contributed by atoms with Gasteiger partial charge in [0.2, 0.25) is 0 Å². The second-order valence-electron chi connectivity index (χ2n) is 10.3. The smallest absolute Gasteiger partial charge is 0.170 e. The fourth-order valence-electron chi connectivity index (χ4n) is 5.28. The Balaban J connectivity index is 1.87. The van der Waals surface area contributed by atoms with Crippen molar-refractivity contribution in [2.45, 2.75) is 73.9 Å². The fraction of sp³-hybridized carbons (Fsp3) is 0.519. The number of phenolic OH excluding ortho intramolecular Hbond substituents is 4. The lowest BCUT2D eigenvalue weighted by molar-refractivity contribution is -0.234. The Kier molecular flexibility index (Phi) is 9.58. The third-order valence-electron chi connectivity index (χ3n) is 7.70. The summed E-state index contributed by atoms with van der Waals surface area (Å²) in [6.45, 7) is -1.75. The number of rotatable bonds is 8. The van der Waals surface area contributed by atoms with Gasteiger partial charge in [-0.3, -0.25) is 4.79 Å². The van der Waals surface area contributed by atoms with Crippen molar-refractivity contribution in [3.05, 3.63) is 46.5 Å². The molecule has 0 saturated carbocycles. The molecule has 2 saturated heterocycles. The maximum atomic E-state index is 13.4. The second kappa shape index (κ2) is 12.6. The van der Waals surface area contributed by atoms with Crippen LogP contribution < -0.4 is 0 Å². The first-order valence-electron chi connectivity index (χ1n) is 13.1. The first kappa shape index (κ1) is 31.8. The van der Waals surface area contributed by atoms with Crippen molar-refractivity contribution in [3.63, 3.8) is 0 Å². The number of Topliss-reactive ketones (excluding diaryl/α,β-unsaturated/α-hetero) is 1. The average molecular weight is 599 g/mol. The minimum atomic E-state index is -2.06. The molecule has 2 aliphatic rings. The number of aromatic hydroxyl groups is 4. The number of aliphatic hydroxyl groups is 8. The Hall–Kier alpha value is -3.09. The maximum absolute atomic E-state index is 13.4. The van der Waals surface area contributed by atoms with Crippen LogP contribution >= 0.6 is 0 Å². The van der Waals surface area contributed by atoms with Crippen LogP contribution in [0.3, 0.4) is 0 Å². The molecule has 10 atom stereocenters. The predicted molar refractivity (Wildman–Crippen MR) is 138 cm³/mol. The third-order valence-corrected chi connectivity index (χ3v) is 7.70. The Morgan fingerprint density at radius 2 is 1.05 bits per heavy atom. The Bertz CT molecular complexity index is 1200. The molecule has 6 unspecified atom stereocenters. The van der Waals surface area contributed by atoms with Gasteiger partial charge in [0.25, 0.3) is 0 Å². The summed E-state index contributed by atoms with van der Waals surface area (Å²) in [5, 5.41) is 125. The van der Waals surface area contributed by atoms with Gasteiger partial charge < -0.3 is 70.8 Å². The number of carbonyl (C=O) groups excluding carboxylic acids is 1. The number of ether oxygens (including phenoxy) is 2. The number of phenols is 4. The highest BCUT2D eigenvalue weighted by Gasteiger charge is 2.50. The number of aryl methyl sites for hydroxylation is 1. The van der Waals surface area contributed by atoms with Gasteiger partial charge >= 0.3 is 0 Å². The van der Waals surface area contributed by atoms with Gasteiger partial charge in [-0.1, -0.05) is 12.1 Å². The third kappa shape index (κ3) is 5.63. The highest BCUT2D eigenvalue weighted by Crippen LogP contribution is 2.53. The van der Waals surface area contributed by atoms with E-state index in [9.17, 15) is 66.1 Å². The van der Waals surface area contributed by atoms with Crippen molar-refractivity contribution in [1.82, 2.24) is 0 Å². The SMILES string of the molecule is O=C(CCc1ccc(O)cc1)c1c(O)c([C@@H]2OC(CO)[C@@H](O)C(O)C2O)c(O)c([C@@H]2OC(CO)[C@@H](O)C(O)C2O)c1O. The van der Waals surface area contributed by atoms with Crippen molar-refractivity contribution in [2.75, 3.05) is 13.2 Å². The molecule has 4 rings (SSSR count). The molecule has 232 valence electrons. The summed E-state index contributed by atoms with van der Waals surface area (Å²) in [5.74, 6) is -4.26. The molecule has 0 aliphatic carbocycles. The number of hydrogen-bond donors (Lipinski definition) is 12. The molecule has 0 aromatic heterocycles. The monoisotopic (exact) mass is 598 g/mol. The van der Waals surface area contributed by atoms with Crippen molar-refractivity contribution >= 4 is 5.78 Å². The molecule has 12 N–H and O–H groups in total. The molecule has 2 aromatic carbocycles. The Morgan fingerprint density at radius 1 is 0.619 bits per heavy atom. The molecule has 0 radical (unpaired) electrons. The zero-order valence-electron chi connectivity index (χ0n) is 22.0. The summed E-state index contributed by atoms with van der Waals surface area (Å²) < 4.78 is 10.9. The quantitative estimate of drug-likeness (QED) is 0.138. The van der Waals surface area contributed by atoms with E-state index in [1.54, 1.807) is 0 Å². The topological polar surface area (TPSA) is 278 Å². The van der Waals surface area contributed by atoms with Crippen LogP contribution in [0.4, 0.5) is 0 Å². The highest BCUT2D eigenvalue weighted by atomic mass is 16.6. The van der Waals surface area contributed by atoms with Crippen LogP contribution in [0.15, 0.2) is 24.3 Å². The van der Waals surface area contributed by atoms with Gasteiger partial charge in [0, 0.05) is 6.42 Å². The molecule has 2 aliphatic heterocycles. The van der Waals surface area contributed by atoms with Crippen LogP contribution in [0.5, 0.6) is 23.0 Å². The summed E-state index contributed by atoms with van der Waals surface area (Å²) in [5.41, 5.74) is -1.82.